The van der Waals surface area contributed by atoms with E-state index in [4.69, 9.17) is 0 Å². The van der Waals surface area contributed by atoms with Crippen LogP contribution in [0.5, 0.6) is 0 Å². The third-order valence-electron chi connectivity index (χ3n) is 5.67. The fourth-order valence-corrected chi connectivity index (χ4v) is 4.01. The molecule has 0 unspecified atom stereocenters. The number of fused-ring (bicyclic) bond motifs is 1. The number of aryl methyl sites for hydroxylation is 1. The van der Waals surface area contributed by atoms with Gasteiger partial charge in [0.25, 0.3) is 0 Å². The Labute approximate surface area is 163 Å². The maximum absolute atomic E-state index is 13.9. The second kappa shape index (κ2) is 7.72. The zero-order chi connectivity index (χ0) is 19.7. The molecule has 1 fully saturated rings. The second-order valence-electron chi connectivity index (χ2n) is 7.64. The van der Waals surface area contributed by atoms with Gasteiger partial charge in [-0.25, -0.2) is 13.2 Å². The number of hydrogen-bond donors (Lipinski definition) is 0. The Bertz CT molecular complexity index is 1080. The molecule has 0 saturated heterocycles. The van der Waals surface area contributed by atoms with E-state index in [1.807, 2.05) is 25.1 Å². The molecule has 3 aromatic rings. The lowest BCUT2D eigenvalue weighted by Crippen LogP contribution is -2.12. The monoisotopic (exact) mass is 378 g/mol. The van der Waals surface area contributed by atoms with Crippen LogP contribution in [0, 0.1) is 42.1 Å². The van der Waals surface area contributed by atoms with Gasteiger partial charge in [-0.2, -0.15) is 0 Å². The van der Waals surface area contributed by atoms with Crippen molar-refractivity contribution in [1.82, 2.24) is 0 Å². The lowest BCUT2D eigenvalue weighted by Gasteiger charge is -2.26. The molecule has 3 aromatic carbocycles. The first kappa shape index (κ1) is 18.6. The molecule has 0 heterocycles. The van der Waals surface area contributed by atoms with Crippen molar-refractivity contribution >= 4 is 10.8 Å². The molecular formula is C25H21F3. The van der Waals surface area contributed by atoms with Crippen LogP contribution in [0.15, 0.2) is 48.5 Å². The van der Waals surface area contributed by atoms with E-state index >= 15 is 0 Å². The summed E-state index contributed by atoms with van der Waals surface area (Å²) >= 11 is 0. The summed E-state index contributed by atoms with van der Waals surface area (Å²) < 4.78 is 41.2. The lowest BCUT2D eigenvalue weighted by atomic mass is 9.78. The fourth-order valence-electron chi connectivity index (χ4n) is 4.01. The largest absolute Gasteiger partial charge is 0.206 e. The molecule has 0 nitrogen and oxygen atoms in total. The van der Waals surface area contributed by atoms with E-state index in [1.165, 1.54) is 12.1 Å². The average molecular weight is 378 g/mol. The molecule has 0 bridgehead atoms. The van der Waals surface area contributed by atoms with E-state index < -0.39 is 11.6 Å². The van der Waals surface area contributed by atoms with Crippen molar-refractivity contribution in [1.29, 1.82) is 0 Å². The van der Waals surface area contributed by atoms with Gasteiger partial charge < -0.3 is 0 Å². The van der Waals surface area contributed by atoms with Crippen molar-refractivity contribution in [3.8, 4) is 11.8 Å². The Morgan fingerprint density at radius 3 is 2.36 bits per heavy atom. The van der Waals surface area contributed by atoms with Gasteiger partial charge in [-0.3, -0.25) is 0 Å². The summed E-state index contributed by atoms with van der Waals surface area (Å²) in [5, 5.41) is 1.05. The van der Waals surface area contributed by atoms with Gasteiger partial charge >= 0.3 is 0 Å². The van der Waals surface area contributed by atoms with Gasteiger partial charge in [0.05, 0.1) is 5.56 Å². The van der Waals surface area contributed by atoms with Crippen molar-refractivity contribution in [2.45, 2.75) is 38.5 Å². The predicted octanol–water partition coefficient (Wildman–Crippen LogP) is 6.89. The summed E-state index contributed by atoms with van der Waals surface area (Å²) in [6.07, 6.45) is 3.90. The van der Waals surface area contributed by atoms with Crippen molar-refractivity contribution in [2.75, 3.05) is 0 Å². The smallest absolute Gasteiger partial charge is 0.166 e. The molecule has 3 heteroatoms. The Kier molecular flexibility index (Phi) is 5.13. The molecule has 1 aliphatic rings. The zero-order valence-corrected chi connectivity index (χ0v) is 15.7. The highest BCUT2D eigenvalue weighted by molar-refractivity contribution is 5.84. The predicted molar refractivity (Wildman–Crippen MR) is 107 cm³/mol. The lowest BCUT2D eigenvalue weighted by molar-refractivity contribution is 0.385. The molecule has 1 aliphatic carbocycles. The molecule has 0 amide bonds. The molecule has 0 radical (unpaired) electrons. The van der Waals surface area contributed by atoms with Crippen molar-refractivity contribution in [3.05, 3.63) is 82.7 Å². The maximum Gasteiger partial charge on any atom is 0.166 e. The van der Waals surface area contributed by atoms with Crippen LogP contribution in [0.1, 0.15) is 48.3 Å². The Morgan fingerprint density at radius 2 is 1.61 bits per heavy atom. The Hall–Kier alpha value is -2.73. The topological polar surface area (TPSA) is 0 Å². The van der Waals surface area contributed by atoms with Crippen LogP contribution < -0.4 is 0 Å². The van der Waals surface area contributed by atoms with Crippen molar-refractivity contribution in [3.63, 3.8) is 0 Å². The normalized spacial score (nSPS) is 19.3. The van der Waals surface area contributed by atoms with Gasteiger partial charge in [0.2, 0.25) is 0 Å². The first-order valence-corrected chi connectivity index (χ1v) is 9.66. The zero-order valence-electron chi connectivity index (χ0n) is 15.7. The van der Waals surface area contributed by atoms with Gasteiger partial charge in [-0.05, 0) is 73.2 Å². The third-order valence-corrected chi connectivity index (χ3v) is 5.67. The molecule has 28 heavy (non-hydrogen) atoms. The molecule has 0 aromatic heterocycles. The summed E-state index contributed by atoms with van der Waals surface area (Å²) in [5.74, 6) is 5.03. The Morgan fingerprint density at radius 1 is 0.821 bits per heavy atom. The molecule has 0 atom stereocenters. The summed E-state index contributed by atoms with van der Waals surface area (Å²) in [6.45, 7) is 1.86. The first-order valence-electron chi connectivity index (χ1n) is 9.66. The summed E-state index contributed by atoms with van der Waals surface area (Å²) in [5.41, 5.74) is 2.51. The number of halogens is 3. The highest BCUT2D eigenvalue weighted by atomic mass is 19.2. The molecule has 142 valence electrons. The van der Waals surface area contributed by atoms with E-state index in [0.717, 1.165) is 42.2 Å². The van der Waals surface area contributed by atoms with Gasteiger partial charge in [0, 0.05) is 11.3 Å². The molecule has 0 aliphatic heterocycles. The Balaban J connectivity index is 1.45. The highest BCUT2D eigenvalue weighted by Crippen LogP contribution is 2.37. The molecule has 1 saturated carbocycles. The van der Waals surface area contributed by atoms with E-state index in [1.54, 1.807) is 18.2 Å². The van der Waals surface area contributed by atoms with Gasteiger partial charge in [-0.1, -0.05) is 42.2 Å². The van der Waals surface area contributed by atoms with E-state index in [0.29, 0.717) is 16.9 Å². The molecule has 0 N–H and O–H groups in total. The van der Waals surface area contributed by atoms with Crippen LogP contribution in [0.3, 0.4) is 0 Å². The van der Waals surface area contributed by atoms with Crippen LogP contribution in [0.2, 0.25) is 0 Å². The van der Waals surface area contributed by atoms with Crippen LogP contribution in [-0.4, -0.2) is 0 Å². The first-order chi connectivity index (χ1) is 13.5. The quantitative estimate of drug-likeness (QED) is 0.404. The minimum Gasteiger partial charge on any atom is -0.206 e. The molecule has 0 spiro atoms. The average Bonchev–Trinajstić information content (AvgIpc) is 2.70. The van der Waals surface area contributed by atoms with E-state index in [-0.39, 0.29) is 11.7 Å². The third kappa shape index (κ3) is 3.78. The standard InChI is InChI=1S/C25H21F3/c1-16-2-6-19(24(27)14-16)9-5-17-3-7-18(8-4-17)20-10-12-22-21(15-20)11-13-23(26)25(22)28/h2,6,10-15,17-18H,3-4,7-8H2,1H3. The summed E-state index contributed by atoms with van der Waals surface area (Å²) in [4.78, 5) is 0. The second-order valence-corrected chi connectivity index (χ2v) is 7.64. The van der Waals surface area contributed by atoms with Crippen molar-refractivity contribution < 1.29 is 13.2 Å². The van der Waals surface area contributed by atoms with Gasteiger partial charge in [0.1, 0.15) is 5.82 Å². The minimum atomic E-state index is -0.815. The van der Waals surface area contributed by atoms with Gasteiger partial charge in [-0.15, -0.1) is 0 Å². The van der Waals surface area contributed by atoms with Crippen LogP contribution in [-0.2, 0) is 0 Å². The summed E-state index contributed by atoms with van der Waals surface area (Å²) in [7, 11) is 0. The van der Waals surface area contributed by atoms with E-state index in [9.17, 15) is 13.2 Å². The maximum atomic E-state index is 13.9. The molecular weight excluding hydrogens is 357 g/mol. The van der Waals surface area contributed by atoms with Crippen molar-refractivity contribution in [2.24, 2.45) is 5.92 Å². The minimum absolute atomic E-state index is 0.263. The fraction of sp³-hybridized carbons (Fsp3) is 0.280. The van der Waals surface area contributed by atoms with Crippen LogP contribution in [0.4, 0.5) is 13.2 Å². The number of hydrogen-bond acceptors (Lipinski definition) is 0. The van der Waals surface area contributed by atoms with Crippen LogP contribution in [0.25, 0.3) is 10.8 Å². The highest BCUT2D eigenvalue weighted by Gasteiger charge is 2.22. The van der Waals surface area contributed by atoms with Crippen LogP contribution >= 0.6 is 0 Å². The number of rotatable bonds is 1. The van der Waals surface area contributed by atoms with Gasteiger partial charge in [0.15, 0.2) is 11.6 Å². The SMILES string of the molecule is Cc1ccc(C#CC2CCC(c3ccc4c(F)c(F)ccc4c3)CC2)c(F)c1. The number of benzene rings is 3. The molecule has 4 rings (SSSR count). The summed E-state index contributed by atoms with van der Waals surface area (Å²) in [6, 6.07) is 13.5. The van der Waals surface area contributed by atoms with E-state index in [2.05, 4.69) is 11.8 Å².